The van der Waals surface area contributed by atoms with Gasteiger partial charge in [-0.1, -0.05) is 48.0 Å². The molecule has 7 nitrogen and oxygen atoms in total. The molecule has 0 aliphatic carbocycles. The molecule has 0 aliphatic heterocycles. The second-order valence-electron chi connectivity index (χ2n) is 10.2. The molecule has 0 bridgehead atoms. The van der Waals surface area contributed by atoms with Gasteiger partial charge in [-0.3, -0.25) is 13.9 Å². The third-order valence-electron chi connectivity index (χ3n) is 5.64. The van der Waals surface area contributed by atoms with Crippen LogP contribution in [0.5, 0.6) is 0 Å². The van der Waals surface area contributed by atoms with Crippen LogP contribution in [-0.4, -0.2) is 49.5 Å². The number of carbonyl (C=O) groups excluding carboxylic acids is 2. The fourth-order valence-corrected chi connectivity index (χ4v) is 4.91. The molecule has 0 radical (unpaired) electrons. The van der Waals surface area contributed by atoms with Gasteiger partial charge in [-0.15, -0.1) is 0 Å². The average Bonchev–Trinajstić information content (AvgIpc) is 2.73. The molecule has 0 fully saturated rings. The standard InChI is InChI=1S/C27H39N3O4S/c1-20-12-10-14-23(18-20)19-29(22(3)26(32)28-27(4,5)6)25(31)16-11-17-30(35(7,33)34)24-15-9-8-13-21(24)2/h8-10,12-15,18,22H,11,16-17,19H2,1-7H3,(H,28,32)/t22-/m0/s1. The highest BCUT2D eigenvalue weighted by atomic mass is 32.2. The number of aryl methyl sites for hydroxylation is 2. The number of amides is 2. The van der Waals surface area contributed by atoms with Gasteiger partial charge >= 0.3 is 0 Å². The molecule has 2 amide bonds. The highest BCUT2D eigenvalue weighted by Gasteiger charge is 2.28. The van der Waals surface area contributed by atoms with Crippen LogP contribution in [0.3, 0.4) is 0 Å². The molecule has 0 heterocycles. The van der Waals surface area contributed by atoms with Gasteiger partial charge < -0.3 is 10.2 Å². The first-order valence-corrected chi connectivity index (χ1v) is 13.7. The Hall–Kier alpha value is -2.87. The number of anilines is 1. The number of sulfonamides is 1. The summed E-state index contributed by atoms with van der Waals surface area (Å²) in [4.78, 5) is 27.8. The van der Waals surface area contributed by atoms with Crippen molar-refractivity contribution in [3.8, 4) is 0 Å². The highest BCUT2D eigenvalue weighted by molar-refractivity contribution is 7.92. The van der Waals surface area contributed by atoms with Crippen molar-refractivity contribution in [2.24, 2.45) is 0 Å². The molecule has 0 saturated carbocycles. The van der Waals surface area contributed by atoms with Crippen molar-refractivity contribution in [1.29, 1.82) is 0 Å². The summed E-state index contributed by atoms with van der Waals surface area (Å²) in [5.74, 6) is -0.419. The van der Waals surface area contributed by atoms with E-state index < -0.39 is 21.6 Å². The van der Waals surface area contributed by atoms with Crippen molar-refractivity contribution in [3.05, 3.63) is 65.2 Å². The number of nitrogens with zero attached hydrogens (tertiary/aromatic N) is 2. The lowest BCUT2D eigenvalue weighted by Gasteiger charge is -2.32. The molecule has 2 rings (SSSR count). The minimum absolute atomic E-state index is 0.122. The van der Waals surface area contributed by atoms with Crippen molar-refractivity contribution >= 4 is 27.5 Å². The van der Waals surface area contributed by atoms with Crippen LogP contribution >= 0.6 is 0 Å². The summed E-state index contributed by atoms with van der Waals surface area (Å²) in [5, 5.41) is 2.95. The number of nitrogens with one attached hydrogen (secondary N) is 1. The predicted molar refractivity (Wildman–Crippen MR) is 142 cm³/mol. The smallest absolute Gasteiger partial charge is 0.242 e. The molecule has 0 unspecified atom stereocenters. The molecule has 0 aromatic heterocycles. The van der Waals surface area contributed by atoms with E-state index in [9.17, 15) is 18.0 Å². The normalized spacial score (nSPS) is 12.7. The Balaban J connectivity index is 2.20. The molecule has 1 N–H and O–H groups in total. The molecule has 2 aromatic carbocycles. The van der Waals surface area contributed by atoms with E-state index >= 15 is 0 Å². The van der Waals surface area contributed by atoms with Crippen molar-refractivity contribution in [3.63, 3.8) is 0 Å². The van der Waals surface area contributed by atoms with Crippen molar-refractivity contribution < 1.29 is 18.0 Å². The van der Waals surface area contributed by atoms with Crippen molar-refractivity contribution in [2.75, 3.05) is 17.1 Å². The van der Waals surface area contributed by atoms with Gasteiger partial charge in [-0.05, 0) is 65.2 Å². The molecule has 2 aromatic rings. The monoisotopic (exact) mass is 501 g/mol. The van der Waals surface area contributed by atoms with Crippen LogP contribution in [-0.2, 0) is 26.2 Å². The number of carbonyl (C=O) groups is 2. The molecule has 0 aliphatic rings. The summed E-state index contributed by atoms with van der Waals surface area (Å²) in [6.07, 6.45) is 1.62. The Labute approximate surface area is 210 Å². The largest absolute Gasteiger partial charge is 0.350 e. The third kappa shape index (κ3) is 8.69. The number of para-hydroxylation sites is 1. The number of hydrogen-bond acceptors (Lipinski definition) is 4. The molecular formula is C27H39N3O4S. The van der Waals surface area contributed by atoms with Crippen molar-refractivity contribution in [1.82, 2.24) is 10.2 Å². The van der Waals surface area contributed by atoms with Crippen LogP contribution in [0.4, 0.5) is 5.69 Å². The summed E-state index contributed by atoms with van der Waals surface area (Å²) in [7, 11) is -3.52. The Morgan fingerprint density at radius 1 is 1.03 bits per heavy atom. The van der Waals surface area contributed by atoms with Gasteiger partial charge in [0.05, 0.1) is 11.9 Å². The third-order valence-corrected chi connectivity index (χ3v) is 6.82. The second kappa shape index (κ2) is 11.7. The van der Waals surface area contributed by atoms with Crippen LogP contribution in [0.2, 0.25) is 0 Å². The molecule has 8 heteroatoms. The summed E-state index contributed by atoms with van der Waals surface area (Å²) >= 11 is 0. The van der Waals surface area contributed by atoms with Gasteiger partial charge in [-0.2, -0.15) is 0 Å². The summed E-state index contributed by atoms with van der Waals surface area (Å²) in [6.45, 7) is 11.7. The van der Waals surface area contributed by atoms with E-state index in [4.69, 9.17) is 0 Å². The molecular weight excluding hydrogens is 462 g/mol. The fraction of sp³-hybridized carbons (Fsp3) is 0.481. The number of hydrogen-bond donors (Lipinski definition) is 1. The number of rotatable bonds is 10. The van der Waals surface area contributed by atoms with E-state index in [2.05, 4.69) is 5.32 Å². The molecule has 0 spiro atoms. The van der Waals surface area contributed by atoms with Crippen molar-refractivity contribution in [2.45, 2.75) is 72.5 Å². The zero-order chi connectivity index (χ0) is 26.4. The second-order valence-corrected chi connectivity index (χ2v) is 12.1. The topological polar surface area (TPSA) is 86.8 Å². The van der Waals surface area contributed by atoms with Crippen LogP contribution < -0.4 is 9.62 Å². The lowest BCUT2D eigenvalue weighted by molar-refractivity contribution is -0.141. The summed E-state index contributed by atoms with van der Waals surface area (Å²) in [6, 6.07) is 14.4. The van der Waals surface area contributed by atoms with E-state index in [0.29, 0.717) is 18.7 Å². The zero-order valence-corrected chi connectivity index (χ0v) is 22.8. The summed E-state index contributed by atoms with van der Waals surface area (Å²) < 4.78 is 26.3. The van der Waals surface area contributed by atoms with Gasteiger partial charge in [0.1, 0.15) is 6.04 Å². The fourth-order valence-electron chi connectivity index (χ4n) is 3.89. The van der Waals surface area contributed by atoms with Gasteiger partial charge in [0.2, 0.25) is 21.8 Å². The SMILES string of the molecule is Cc1cccc(CN(C(=O)CCCN(c2ccccc2C)S(C)(=O)=O)[C@@H](C)C(=O)NC(C)(C)C)c1. The molecule has 192 valence electrons. The maximum absolute atomic E-state index is 13.4. The molecule has 1 atom stereocenters. The first kappa shape index (κ1) is 28.4. The Morgan fingerprint density at radius 2 is 1.69 bits per heavy atom. The van der Waals surface area contributed by atoms with Crippen LogP contribution in [0, 0.1) is 13.8 Å². The Morgan fingerprint density at radius 3 is 2.26 bits per heavy atom. The van der Waals surface area contributed by atoms with Gasteiger partial charge in [0, 0.05) is 25.0 Å². The minimum atomic E-state index is -3.52. The Bertz CT molecular complexity index is 1140. The molecule has 0 saturated heterocycles. The van der Waals surface area contributed by atoms with E-state index in [1.807, 2.05) is 71.0 Å². The lowest BCUT2D eigenvalue weighted by Crippen LogP contribution is -2.52. The first-order valence-electron chi connectivity index (χ1n) is 11.9. The van der Waals surface area contributed by atoms with Crippen LogP contribution in [0.1, 0.15) is 57.2 Å². The summed E-state index contributed by atoms with van der Waals surface area (Å²) in [5.41, 5.74) is 3.04. The lowest BCUT2D eigenvalue weighted by atomic mass is 10.1. The predicted octanol–water partition coefficient (Wildman–Crippen LogP) is 4.18. The maximum Gasteiger partial charge on any atom is 0.242 e. The van der Waals surface area contributed by atoms with E-state index in [-0.39, 0.29) is 24.8 Å². The minimum Gasteiger partial charge on any atom is -0.350 e. The highest BCUT2D eigenvalue weighted by Crippen LogP contribution is 2.23. The van der Waals surface area contributed by atoms with E-state index in [0.717, 1.165) is 16.7 Å². The Kier molecular flexibility index (Phi) is 9.49. The quantitative estimate of drug-likeness (QED) is 0.529. The van der Waals surface area contributed by atoms with Crippen LogP contribution in [0.15, 0.2) is 48.5 Å². The average molecular weight is 502 g/mol. The van der Waals surface area contributed by atoms with Gasteiger partial charge in [0.25, 0.3) is 0 Å². The van der Waals surface area contributed by atoms with Gasteiger partial charge in [0.15, 0.2) is 0 Å². The molecule has 35 heavy (non-hydrogen) atoms. The zero-order valence-electron chi connectivity index (χ0n) is 22.0. The van der Waals surface area contributed by atoms with Crippen LogP contribution in [0.25, 0.3) is 0 Å². The maximum atomic E-state index is 13.4. The first-order chi connectivity index (χ1) is 16.2. The van der Waals surface area contributed by atoms with Gasteiger partial charge in [-0.25, -0.2) is 8.42 Å². The number of benzene rings is 2. The van der Waals surface area contributed by atoms with E-state index in [1.54, 1.807) is 24.0 Å². The van der Waals surface area contributed by atoms with E-state index in [1.165, 1.54) is 10.6 Å².